The summed E-state index contributed by atoms with van der Waals surface area (Å²) in [6.45, 7) is 2.73. The van der Waals surface area contributed by atoms with Gasteiger partial charge in [0.15, 0.2) is 0 Å². The fourth-order valence-electron chi connectivity index (χ4n) is 1.87. The molecular formula is C13H22N2O4S. The van der Waals surface area contributed by atoms with Gasteiger partial charge in [-0.15, -0.1) is 0 Å². The molecule has 0 aliphatic heterocycles. The molecule has 0 radical (unpaired) electrons. The molecule has 0 aliphatic rings. The lowest BCUT2D eigenvalue weighted by molar-refractivity contribution is 0.181. The molecule has 0 saturated carbocycles. The minimum Gasteiger partial charge on any atom is -0.496 e. The van der Waals surface area contributed by atoms with Gasteiger partial charge in [-0.1, -0.05) is 6.07 Å². The van der Waals surface area contributed by atoms with Crippen LogP contribution in [0.4, 0.5) is 0 Å². The highest BCUT2D eigenvalue weighted by atomic mass is 32.2. The molecule has 1 atom stereocenters. The van der Waals surface area contributed by atoms with Crippen molar-refractivity contribution in [1.29, 1.82) is 0 Å². The van der Waals surface area contributed by atoms with Crippen molar-refractivity contribution in [3.05, 3.63) is 29.3 Å². The summed E-state index contributed by atoms with van der Waals surface area (Å²) in [5.41, 5.74) is 1.99. The summed E-state index contributed by atoms with van der Waals surface area (Å²) < 4.78 is 32.2. The monoisotopic (exact) mass is 302 g/mol. The maximum Gasteiger partial charge on any atom is 0.210 e. The number of benzene rings is 1. The highest BCUT2D eigenvalue weighted by Crippen LogP contribution is 2.23. The van der Waals surface area contributed by atoms with Crippen LogP contribution >= 0.6 is 0 Å². The minimum absolute atomic E-state index is 0.0123. The normalized spacial score (nSPS) is 13.2. The Balaban J connectivity index is 2.72. The van der Waals surface area contributed by atoms with Crippen molar-refractivity contribution in [1.82, 2.24) is 5.32 Å². The number of methoxy groups -OCH3 is 2. The Hall–Kier alpha value is -1.15. The van der Waals surface area contributed by atoms with E-state index in [-0.39, 0.29) is 11.8 Å². The summed E-state index contributed by atoms with van der Waals surface area (Å²) in [6, 6.07) is 5.81. The third kappa shape index (κ3) is 5.46. The predicted octanol–water partition coefficient (Wildman–Crippen LogP) is 0.781. The van der Waals surface area contributed by atoms with E-state index >= 15 is 0 Å². The Bertz CT molecular complexity index is 531. The van der Waals surface area contributed by atoms with Gasteiger partial charge in [-0.25, -0.2) is 13.6 Å². The van der Waals surface area contributed by atoms with E-state index < -0.39 is 10.0 Å². The van der Waals surface area contributed by atoms with Gasteiger partial charge in [-0.05, 0) is 24.6 Å². The summed E-state index contributed by atoms with van der Waals surface area (Å²) in [5.74, 6) is 0.686. The second-order valence-corrected chi connectivity index (χ2v) is 6.28. The number of nitrogens with two attached hydrogens (primary N) is 1. The highest BCUT2D eigenvalue weighted by molar-refractivity contribution is 7.89. The average Bonchev–Trinajstić information content (AvgIpc) is 2.37. The van der Waals surface area contributed by atoms with E-state index in [1.807, 2.05) is 25.1 Å². The van der Waals surface area contributed by atoms with Crippen LogP contribution in [0.25, 0.3) is 0 Å². The topological polar surface area (TPSA) is 90.6 Å². The van der Waals surface area contributed by atoms with Gasteiger partial charge >= 0.3 is 0 Å². The van der Waals surface area contributed by atoms with Crippen molar-refractivity contribution in [3.8, 4) is 5.75 Å². The molecule has 3 N–H and O–H groups in total. The Kier molecular flexibility index (Phi) is 6.41. The summed E-state index contributed by atoms with van der Waals surface area (Å²) in [6.07, 6.45) is 0. The smallest absolute Gasteiger partial charge is 0.210 e. The van der Waals surface area contributed by atoms with E-state index in [0.717, 1.165) is 16.9 Å². The van der Waals surface area contributed by atoms with Gasteiger partial charge < -0.3 is 14.8 Å². The molecule has 20 heavy (non-hydrogen) atoms. The molecule has 0 heterocycles. The van der Waals surface area contributed by atoms with Gasteiger partial charge in [-0.3, -0.25) is 0 Å². The molecule has 0 aliphatic carbocycles. The predicted molar refractivity (Wildman–Crippen MR) is 78.1 cm³/mol. The molecule has 114 valence electrons. The first-order valence-electron chi connectivity index (χ1n) is 6.27. The SMILES string of the molecule is COCc1cc(C(C)NCCS(N)(=O)=O)ccc1OC. The molecule has 1 aromatic rings. The van der Waals surface area contributed by atoms with Crippen molar-refractivity contribution in [3.63, 3.8) is 0 Å². The van der Waals surface area contributed by atoms with Crippen LogP contribution in [-0.2, 0) is 21.4 Å². The summed E-state index contributed by atoms with van der Waals surface area (Å²) in [5, 5.41) is 8.08. The lowest BCUT2D eigenvalue weighted by atomic mass is 10.0. The van der Waals surface area contributed by atoms with Crippen LogP contribution in [0.2, 0.25) is 0 Å². The molecule has 0 spiro atoms. The Morgan fingerprint density at radius 2 is 2.05 bits per heavy atom. The van der Waals surface area contributed by atoms with Crippen LogP contribution in [0.5, 0.6) is 5.75 Å². The van der Waals surface area contributed by atoms with Crippen LogP contribution in [0.1, 0.15) is 24.1 Å². The molecule has 1 aromatic carbocycles. The zero-order valence-corrected chi connectivity index (χ0v) is 12.9. The fraction of sp³-hybridized carbons (Fsp3) is 0.538. The molecule has 1 unspecified atom stereocenters. The van der Waals surface area contributed by atoms with Gasteiger partial charge in [0.1, 0.15) is 5.75 Å². The highest BCUT2D eigenvalue weighted by Gasteiger charge is 2.10. The molecular weight excluding hydrogens is 280 g/mol. The van der Waals surface area contributed by atoms with Crippen molar-refractivity contribution in [2.75, 3.05) is 26.5 Å². The van der Waals surface area contributed by atoms with Gasteiger partial charge in [0.2, 0.25) is 10.0 Å². The second-order valence-electron chi connectivity index (χ2n) is 4.55. The number of hydrogen-bond donors (Lipinski definition) is 2. The molecule has 0 bridgehead atoms. The lowest BCUT2D eigenvalue weighted by Crippen LogP contribution is -2.29. The van der Waals surface area contributed by atoms with Gasteiger partial charge in [-0.2, -0.15) is 0 Å². The average molecular weight is 302 g/mol. The standard InChI is InChI=1S/C13H22N2O4S/c1-10(15-6-7-20(14,16)17)11-4-5-13(19-3)12(8-11)9-18-2/h4-5,8,10,15H,6-7,9H2,1-3H3,(H2,14,16,17). The van der Waals surface area contributed by atoms with E-state index in [9.17, 15) is 8.42 Å². The quantitative estimate of drug-likeness (QED) is 0.740. The van der Waals surface area contributed by atoms with Crippen LogP contribution in [0.15, 0.2) is 18.2 Å². The molecule has 0 fully saturated rings. The third-order valence-corrected chi connectivity index (χ3v) is 3.71. The fourth-order valence-corrected chi connectivity index (χ4v) is 2.27. The summed E-state index contributed by atoms with van der Waals surface area (Å²) in [7, 11) is -0.194. The molecule has 1 rings (SSSR count). The van der Waals surface area contributed by atoms with E-state index in [0.29, 0.717) is 13.2 Å². The largest absolute Gasteiger partial charge is 0.496 e. The van der Waals surface area contributed by atoms with Gasteiger partial charge in [0.05, 0.1) is 19.5 Å². The summed E-state index contributed by atoms with van der Waals surface area (Å²) >= 11 is 0. The second kappa shape index (κ2) is 7.58. The van der Waals surface area contributed by atoms with Crippen molar-refractivity contribution >= 4 is 10.0 Å². The first-order chi connectivity index (χ1) is 9.37. The first kappa shape index (κ1) is 16.9. The third-order valence-electron chi connectivity index (χ3n) is 2.94. The van der Waals surface area contributed by atoms with Crippen LogP contribution in [-0.4, -0.2) is 34.9 Å². The van der Waals surface area contributed by atoms with E-state index in [1.165, 1.54) is 0 Å². The maximum absolute atomic E-state index is 10.9. The Morgan fingerprint density at radius 3 is 2.60 bits per heavy atom. The van der Waals surface area contributed by atoms with Crippen LogP contribution in [0, 0.1) is 0 Å². The molecule has 6 nitrogen and oxygen atoms in total. The molecule has 0 aromatic heterocycles. The van der Waals surface area contributed by atoms with E-state index in [1.54, 1.807) is 14.2 Å². The van der Waals surface area contributed by atoms with Crippen molar-refractivity contribution < 1.29 is 17.9 Å². The molecule has 0 amide bonds. The van der Waals surface area contributed by atoms with Gasteiger partial charge in [0.25, 0.3) is 0 Å². The minimum atomic E-state index is -3.43. The van der Waals surface area contributed by atoms with Crippen molar-refractivity contribution in [2.45, 2.75) is 19.6 Å². The number of ether oxygens (including phenoxy) is 2. The van der Waals surface area contributed by atoms with Crippen molar-refractivity contribution in [2.24, 2.45) is 5.14 Å². The van der Waals surface area contributed by atoms with E-state index in [4.69, 9.17) is 14.6 Å². The number of hydrogen-bond acceptors (Lipinski definition) is 5. The number of rotatable bonds is 8. The molecule has 7 heteroatoms. The zero-order valence-electron chi connectivity index (χ0n) is 12.0. The number of primary sulfonamides is 1. The van der Waals surface area contributed by atoms with E-state index in [2.05, 4.69) is 5.32 Å². The number of nitrogens with one attached hydrogen (secondary N) is 1. The van der Waals surface area contributed by atoms with Gasteiger partial charge in [0, 0.05) is 25.3 Å². The Labute approximate surface area is 120 Å². The number of sulfonamides is 1. The maximum atomic E-state index is 10.9. The zero-order chi connectivity index (χ0) is 15.2. The molecule has 0 saturated heterocycles. The Morgan fingerprint density at radius 1 is 1.35 bits per heavy atom. The van der Waals surface area contributed by atoms with Crippen LogP contribution in [0.3, 0.4) is 0 Å². The van der Waals surface area contributed by atoms with Crippen LogP contribution < -0.4 is 15.2 Å². The summed E-state index contributed by atoms with van der Waals surface area (Å²) in [4.78, 5) is 0. The first-order valence-corrected chi connectivity index (χ1v) is 7.98. The lowest BCUT2D eigenvalue weighted by Gasteiger charge is -2.16.